The Morgan fingerprint density at radius 2 is 1.89 bits per heavy atom. The van der Waals surface area contributed by atoms with Gasteiger partial charge in [0, 0.05) is 11.5 Å². The monoisotopic (exact) mass is 332 g/mol. The van der Waals surface area contributed by atoms with Crippen molar-refractivity contribution in [3.63, 3.8) is 0 Å². The topological polar surface area (TPSA) is 79.8 Å². The molecule has 1 aromatic heterocycles. The molecule has 0 N–H and O–H groups in total. The van der Waals surface area contributed by atoms with Crippen LogP contribution in [0.4, 0.5) is 0 Å². The van der Waals surface area contributed by atoms with Crippen molar-refractivity contribution in [3.05, 3.63) is 0 Å². The molecule has 0 spiro atoms. The molecule has 0 saturated heterocycles. The second-order valence-corrected chi connectivity index (χ2v) is 9.58. The molecule has 0 aromatic carbocycles. The Morgan fingerprint density at radius 3 is 2.33 bits per heavy atom. The van der Waals surface area contributed by atoms with Crippen LogP contribution in [0.2, 0.25) is 0 Å². The summed E-state index contributed by atoms with van der Waals surface area (Å²) >= 11 is 2.47. The average Bonchev–Trinajstić information content (AvgIpc) is 2.81. The lowest BCUT2D eigenvalue weighted by molar-refractivity contribution is 0.393. The summed E-state index contributed by atoms with van der Waals surface area (Å²) in [6.07, 6.45) is 0. The van der Waals surface area contributed by atoms with E-state index in [-0.39, 0.29) is 6.01 Å². The summed E-state index contributed by atoms with van der Waals surface area (Å²) in [5.41, 5.74) is 0. The Labute approximate surface area is 117 Å². The third kappa shape index (κ3) is 5.33. The van der Waals surface area contributed by atoms with Gasteiger partial charge in [-0.3, -0.25) is 0 Å². The van der Waals surface area contributed by atoms with Gasteiger partial charge >= 0.3 is 11.8 Å². The SMILES string of the molecule is CCOSP(=O)(Oc1nsc(OC)n1)SOCC. The van der Waals surface area contributed by atoms with Crippen molar-refractivity contribution in [2.75, 3.05) is 20.3 Å². The van der Waals surface area contributed by atoms with Crippen molar-refractivity contribution in [3.8, 4) is 11.2 Å². The Balaban J connectivity index is 2.67. The molecule has 0 amide bonds. The van der Waals surface area contributed by atoms with Crippen LogP contribution >= 0.6 is 40.6 Å². The second-order valence-electron chi connectivity index (χ2n) is 2.55. The van der Waals surface area contributed by atoms with E-state index < -0.39 is 5.77 Å². The van der Waals surface area contributed by atoms with Crippen LogP contribution in [-0.2, 0) is 12.9 Å². The first kappa shape index (κ1) is 16.1. The molecule has 0 aliphatic rings. The van der Waals surface area contributed by atoms with Crippen LogP contribution < -0.4 is 9.26 Å². The molecule has 0 bridgehead atoms. The minimum atomic E-state index is -3.26. The van der Waals surface area contributed by atoms with Gasteiger partial charge in [0.1, 0.15) is 23.3 Å². The molecule has 11 heteroatoms. The van der Waals surface area contributed by atoms with Gasteiger partial charge in [-0.25, -0.2) is 4.57 Å². The van der Waals surface area contributed by atoms with Crippen molar-refractivity contribution < 1.29 is 22.2 Å². The Morgan fingerprint density at radius 1 is 1.28 bits per heavy atom. The number of nitrogens with zero attached hydrogens (tertiary/aromatic N) is 2. The van der Waals surface area contributed by atoms with E-state index in [4.69, 9.17) is 17.6 Å². The molecule has 1 rings (SSSR count). The maximum absolute atomic E-state index is 12.3. The molecule has 0 aliphatic heterocycles. The lowest BCUT2D eigenvalue weighted by Gasteiger charge is -2.12. The Hall–Kier alpha value is 0.01000. The Bertz CT molecular complexity index is 392. The van der Waals surface area contributed by atoms with Gasteiger partial charge in [-0.15, -0.1) is 9.36 Å². The number of hydrogen-bond acceptors (Lipinski definition) is 10. The fourth-order valence-corrected chi connectivity index (χ4v) is 5.08. The van der Waals surface area contributed by atoms with Crippen LogP contribution in [0.15, 0.2) is 0 Å². The first-order valence-electron chi connectivity index (χ1n) is 4.93. The van der Waals surface area contributed by atoms with Gasteiger partial charge in [0.05, 0.1) is 20.3 Å². The third-order valence-electron chi connectivity index (χ3n) is 1.28. The van der Waals surface area contributed by atoms with Gasteiger partial charge in [-0.1, -0.05) is 0 Å². The van der Waals surface area contributed by atoms with Gasteiger partial charge in [0.25, 0.3) is 5.19 Å². The summed E-state index contributed by atoms with van der Waals surface area (Å²) in [7, 11) is 1.47. The third-order valence-corrected chi connectivity index (χ3v) is 6.65. The normalized spacial score (nSPS) is 11.5. The van der Waals surface area contributed by atoms with E-state index in [0.29, 0.717) is 18.4 Å². The molecule has 1 heterocycles. The van der Waals surface area contributed by atoms with Crippen LogP contribution in [-0.4, -0.2) is 29.7 Å². The first-order chi connectivity index (χ1) is 8.63. The molecule has 0 atom stereocenters. The molecular formula is C7H13N2O5PS3. The maximum Gasteiger partial charge on any atom is 0.414 e. The summed E-state index contributed by atoms with van der Waals surface area (Å²) in [6, 6.07) is -0.0143. The summed E-state index contributed by atoms with van der Waals surface area (Å²) in [5, 5.41) is 0.333. The van der Waals surface area contributed by atoms with Crippen molar-refractivity contribution in [1.29, 1.82) is 0 Å². The fraction of sp³-hybridized carbons (Fsp3) is 0.714. The molecule has 18 heavy (non-hydrogen) atoms. The predicted octanol–water partition coefficient (Wildman–Crippen LogP) is 3.40. The van der Waals surface area contributed by atoms with Crippen molar-refractivity contribution >= 4 is 40.6 Å². The van der Waals surface area contributed by atoms with Crippen LogP contribution in [0, 0.1) is 0 Å². The van der Waals surface area contributed by atoms with E-state index >= 15 is 0 Å². The summed E-state index contributed by atoms with van der Waals surface area (Å²) < 4.78 is 36.4. The quantitative estimate of drug-likeness (QED) is 0.499. The highest BCUT2D eigenvalue weighted by molar-refractivity contribution is 8.87. The van der Waals surface area contributed by atoms with Crippen LogP contribution in [0.1, 0.15) is 13.8 Å². The molecule has 0 aliphatic carbocycles. The number of hydrogen-bond donors (Lipinski definition) is 0. The molecular weight excluding hydrogens is 319 g/mol. The highest BCUT2D eigenvalue weighted by Gasteiger charge is 2.31. The van der Waals surface area contributed by atoms with E-state index in [1.807, 2.05) is 0 Å². The number of rotatable bonds is 9. The average molecular weight is 332 g/mol. The number of aromatic nitrogens is 2. The van der Waals surface area contributed by atoms with Crippen LogP contribution in [0.3, 0.4) is 0 Å². The molecule has 0 radical (unpaired) electrons. The van der Waals surface area contributed by atoms with E-state index in [2.05, 4.69) is 9.36 Å². The molecule has 0 saturated carbocycles. The fourth-order valence-electron chi connectivity index (χ4n) is 0.694. The van der Waals surface area contributed by atoms with Gasteiger partial charge in [0.15, 0.2) is 0 Å². The van der Waals surface area contributed by atoms with E-state index in [1.54, 1.807) is 13.8 Å². The summed E-state index contributed by atoms with van der Waals surface area (Å²) in [5.74, 6) is -3.26. The maximum atomic E-state index is 12.3. The standard InChI is InChI=1S/C7H13N2O5PS3/c1-4-12-17-15(10,18-13-5-2)14-6-8-7(11-3)16-9-6/h4-5H2,1-3H3. The zero-order valence-electron chi connectivity index (χ0n) is 10.0. The largest absolute Gasteiger partial charge is 0.472 e. The highest BCUT2D eigenvalue weighted by Crippen LogP contribution is 2.69. The lowest BCUT2D eigenvalue weighted by Crippen LogP contribution is -1.92. The molecule has 0 unspecified atom stereocenters. The minimum absolute atomic E-state index is 0.0143. The predicted molar refractivity (Wildman–Crippen MR) is 73.1 cm³/mol. The van der Waals surface area contributed by atoms with Gasteiger partial charge in [-0.2, -0.15) is 0 Å². The van der Waals surface area contributed by atoms with Crippen molar-refractivity contribution in [2.24, 2.45) is 0 Å². The molecule has 7 nitrogen and oxygen atoms in total. The number of ether oxygens (including phenoxy) is 1. The van der Waals surface area contributed by atoms with Crippen LogP contribution in [0.25, 0.3) is 0 Å². The van der Waals surface area contributed by atoms with Crippen molar-refractivity contribution in [2.45, 2.75) is 13.8 Å². The van der Waals surface area contributed by atoms with E-state index in [9.17, 15) is 4.57 Å². The Kier molecular flexibility index (Phi) is 7.35. The second kappa shape index (κ2) is 8.23. The van der Waals surface area contributed by atoms with Gasteiger partial charge in [0.2, 0.25) is 0 Å². The van der Waals surface area contributed by atoms with Crippen LogP contribution in [0.5, 0.6) is 11.2 Å². The van der Waals surface area contributed by atoms with E-state index in [1.165, 1.54) is 7.11 Å². The molecule has 1 aromatic rings. The smallest absolute Gasteiger partial charge is 0.414 e. The molecule has 104 valence electrons. The zero-order chi connectivity index (χ0) is 13.4. The summed E-state index contributed by atoms with van der Waals surface area (Å²) in [4.78, 5) is 3.88. The number of methoxy groups -OCH3 is 1. The molecule has 0 fully saturated rings. The van der Waals surface area contributed by atoms with Gasteiger partial charge in [-0.05, 0) is 13.8 Å². The highest BCUT2D eigenvalue weighted by atomic mass is 33.1. The van der Waals surface area contributed by atoms with Crippen molar-refractivity contribution in [1.82, 2.24) is 9.36 Å². The minimum Gasteiger partial charge on any atom is -0.472 e. The first-order valence-corrected chi connectivity index (χ1v) is 10.0. The van der Waals surface area contributed by atoms with Gasteiger partial charge < -0.3 is 17.6 Å². The zero-order valence-corrected chi connectivity index (χ0v) is 13.4. The lowest BCUT2D eigenvalue weighted by atomic mass is 10.9. The summed E-state index contributed by atoms with van der Waals surface area (Å²) in [6.45, 7) is 4.37. The van der Waals surface area contributed by atoms with E-state index in [0.717, 1.165) is 34.9 Å².